The van der Waals surface area contributed by atoms with Gasteiger partial charge in [0.2, 0.25) is 0 Å². The Morgan fingerprint density at radius 1 is 0.484 bits per heavy atom. The standard InChI is InChI=1S/C49H90O15/c1-3-5-7-9-11-13-15-17-18-20-21-23-25-27-29-31-40(51)59-34-37(62-41(52)32-30-28-26-24-22-19-16-14-12-10-8-6-4-2)35-60-48-47(58)45(56)43(54)39(64-48)36-61-49-46(57)44(55)42(53)38(33-50)63-49/h17-18,37-39,42-50,53-58H,3-16,19-36H2,1-2H3/b18-17+/t37-,38-,39-,42+,43+,44+,45+,46-,47-,48-,49+/m1/s1. The van der Waals surface area contributed by atoms with Crippen LogP contribution in [0.5, 0.6) is 0 Å². The maximum atomic E-state index is 13.0. The van der Waals surface area contributed by atoms with E-state index in [4.69, 9.17) is 28.4 Å². The van der Waals surface area contributed by atoms with Gasteiger partial charge in [-0.3, -0.25) is 9.59 Å². The molecule has 0 spiro atoms. The highest BCUT2D eigenvalue weighted by molar-refractivity contribution is 5.70. The predicted octanol–water partition coefficient (Wildman–Crippen LogP) is 6.60. The number of hydrogen-bond donors (Lipinski definition) is 7. The van der Waals surface area contributed by atoms with Gasteiger partial charge in [-0.25, -0.2) is 0 Å². The molecule has 376 valence electrons. The molecular weight excluding hydrogens is 829 g/mol. The van der Waals surface area contributed by atoms with Crippen molar-refractivity contribution >= 4 is 11.9 Å². The van der Waals surface area contributed by atoms with Crippen molar-refractivity contribution in [1.29, 1.82) is 0 Å². The molecule has 15 nitrogen and oxygen atoms in total. The van der Waals surface area contributed by atoms with E-state index in [2.05, 4.69) is 26.0 Å². The molecule has 2 heterocycles. The molecule has 0 amide bonds. The molecule has 0 bridgehead atoms. The van der Waals surface area contributed by atoms with Crippen LogP contribution in [0.4, 0.5) is 0 Å². The van der Waals surface area contributed by atoms with E-state index in [1.807, 2.05) is 0 Å². The lowest BCUT2D eigenvalue weighted by molar-refractivity contribution is -0.332. The van der Waals surface area contributed by atoms with Crippen molar-refractivity contribution in [3.63, 3.8) is 0 Å². The SMILES string of the molecule is CCCCCCCC/C=C/CCCCCCCC(=O)OC[C@H](CO[C@@H]1O[C@H](CO[C@H]2O[C@H](CO)[C@H](O)[C@H](O)[C@H]2O)[C@H](O)[C@H](O)[C@H]1O)OC(=O)CCCCCCCCCCCCCCC. The van der Waals surface area contributed by atoms with Crippen molar-refractivity contribution in [1.82, 2.24) is 0 Å². The molecule has 2 rings (SSSR count). The van der Waals surface area contributed by atoms with E-state index in [-0.39, 0.29) is 26.1 Å². The largest absolute Gasteiger partial charge is 0.462 e. The minimum absolute atomic E-state index is 0.169. The first-order valence-electron chi connectivity index (χ1n) is 25.3. The van der Waals surface area contributed by atoms with Gasteiger partial charge < -0.3 is 64.2 Å². The lowest BCUT2D eigenvalue weighted by atomic mass is 9.98. The van der Waals surface area contributed by atoms with Crippen molar-refractivity contribution < 1.29 is 73.8 Å². The third kappa shape index (κ3) is 25.4. The van der Waals surface area contributed by atoms with Gasteiger partial charge in [-0.2, -0.15) is 0 Å². The Labute approximate surface area is 384 Å². The lowest BCUT2D eigenvalue weighted by Gasteiger charge is -2.42. The van der Waals surface area contributed by atoms with Gasteiger partial charge >= 0.3 is 11.9 Å². The van der Waals surface area contributed by atoms with Gasteiger partial charge in [0, 0.05) is 12.8 Å². The van der Waals surface area contributed by atoms with E-state index >= 15 is 0 Å². The summed E-state index contributed by atoms with van der Waals surface area (Å²) in [4.78, 5) is 25.7. The summed E-state index contributed by atoms with van der Waals surface area (Å²) < 4.78 is 33.5. The Morgan fingerprint density at radius 2 is 0.891 bits per heavy atom. The van der Waals surface area contributed by atoms with Gasteiger partial charge in [0.1, 0.15) is 55.4 Å². The smallest absolute Gasteiger partial charge is 0.306 e. The number of rotatable bonds is 39. The Balaban J connectivity index is 1.82. The molecule has 64 heavy (non-hydrogen) atoms. The fourth-order valence-corrected chi connectivity index (χ4v) is 8.04. The van der Waals surface area contributed by atoms with Crippen molar-refractivity contribution in [2.24, 2.45) is 0 Å². The molecule has 0 aromatic rings. The Hall–Kier alpha value is -1.76. The molecule has 11 atom stereocenters. The number of carbonyl (C=O) groups is 2. The van der Waals surface area contributed by atoms with Crippen LogP contribution >= 0.6 is 0 Å². The van der Waals surface area contributed by atoms with E-state index in [1.165, 1.54) is 96.3 Å². The van der Waals surface area contributed by atoms with Crippen LogP contribution < -0.4 is 0 Å². The van der Waals surface area contributed by atoms with Crippen molar-refractivity contribution in [3.8, 4) is 0 Å². The minimum atomic E-state index is -1.76. The number of unbranched alkanes of at least 4 members (excludes halogenated alkanes) is 23. The van der Waals surface area contributed by atoms with Gasteiger partial charge in [0.25, 0.3) is 0 Å². The summed E-state index contributed by atoms with van der Waals surface area (Å²) in [6.45, 7) is 2.58. The molecule has 0 saturated carbocycles. The molecule has 0 aromatic heterocycles. The zero-order chi connectivity index (χ0) is 46.8. The van der Waals surface area contributed by atoms with Crippen LogP contribution in [-0.2, 0) is 38.0 Å². The first-order valence-corrected chi connectivity index (χ1v) is 25.3. The van der Waals surface area contributed by atoms with Crippen molar-refractivity contribution in [3.05, 3.63) is 12.2 Å². The summed E-state index contributed by atoms with van der Waals surface area (Å²) in [5.74, 6) is -0.926. The average molecular weight is 919 g/mol. The monoisotopic (exact) mass is 919 g/mol. The van der Waals surface area contributed by atoms with E-state index in [0.717, 1.165) is 57.8 Å². The fraction of sp³-hybridized carbons (Fsp3) is 0.918. The Morgan fingerprint density at radius 3 is 1.38 bits per heavy atom. The molecular formula is C49H90O15. The number of esters is 2. The number of ether oxygens (including phenoxy) is 6. The molecule has 2 fully saturated rings. The molecule has 2 saturated heterocycles. The first-order chi connectivity index (χ1) is 31.0. The quantitative estimate of drug-likeness (QED) is 0.0196. The molecule has 2 aliphatic rings. The van der Waals surface area contributed by atoms with E-state index in [1.54, 1.807) is 0 Å². The van der Waals surface area contributed by atoms with Crippen LogP contribution in [0.25, 0.3) is 0 Å². The van der Waals surface area contributed by atoms with Crippen LogP contribution in [-0.4, -0.2) is 142 Å². The molecule has 2 aliphatic heterocycles. The fourth-order valence-electron chi connectivity index (χ4n) is 8.04. The predicted molar refractivity (Wildman–Crippen MR) is 243 cm³/mol. The van der Waals surface area contributed by atoms with Crippen LogP contribution in [0, 0.1) is 0 Å². The second kappa shape index (κ2) is 37.2. The lowest BCUT2D eigenvalue weighted by Crippen LogP contribution is -2.61. The molecule has 0 aromatic carbocycles. The van der Waals surface area contributed by atoms with Gasteiger partial charge in [-0.05, 0) is 38.5 Å². The summed E-state index contributed by atoms with van der Waals surface area (Å²) in [5, 5.41) is 72.0. The Bertz CT molecular complexity index is 1170. The van der Waals surface area contributed by atoms with Gasteiger partial charge in [0.15, 0.2) is 18.7 Å². The molecule has 15 heteroatoms. The highest BCUT2D eigenvalue weighted by atomic mass is 16.7. The maximum absolute atomic E-state index is 13.0. The zero-order valence-corrected chi connectivity index (χ0v) is 39.5. The van der Waals surface area contributed by atoms with Crippen molar-refractivity contribution in [2.45, 2.75) is 261 Å². The van der Waals surface area contributed by atoms with E-state index in [9.17, 15) is 45.3 Å². The number of allylic oxidation sites excluding steroid dienone is 2. The van der Waals surface area contributed by atoms with Crippen molar-refractivity contribution in [2.75, 3.05) is 26.4 Å². The average Bonchev–Trinajstić information content (AvgIpc) is 3.29. The molecule has 0 unspecified atom stereocenters. The van der Waals surface area contributed by atoms with Gasteiger partial charge in [0.05, 0.1) is 19.8 Å². The molecule has 0 aliphatic carbocycles. The Kier molecular flexibility index (Phi) is 34.0. The van der Waals surface area contributed by atoms with E-state index < -0.39 is 92.7 Å². The maximum Gasteiger partial charge on any atom is 0.306 e. The second-order valence-corrected chi connectivity index (χ2v) is 18.0. The third-order valence-electron chi connectivity index (χ3n) is 12.2. The van der Waals surface area contributed by atoms with Gasteiger partial charge in [-0.1, -0.05) is 154 Å². The van der Waals surface area contributed by atoms with Crippen LogP contribution in [0.15, 0.2) is 12.2 Å². The third-order valence-corrected chi connectivity index (χ3v) is 12.2. The topological polar surface area (TPSA) is 231 Å². The van der Waals surface area contributed by atoms with Gasteiger partial charge in [-0.15, -0.1) is 0 Å². The highest BCUT2D eigenvalue weighted by Crippen LogP contribution is 2.26. The number of aliphatic hydroxyl groups excluding tert-OH is 7. The molecule has 7 N–H and O–H groups in total. The van der Waals surface area contributed by atoms with Crippen LogP contribution in [0.3, 0.4) is 0 Å². The number of hydrogen-bond acceptors (Lipinski definition) is 15. The minimum Gasteiger partial charge on any atom is -0.462 e. The first kappa shape index (κ1) is 58.4. The second-order valence-electron chi connectivity index (χ2n) is 18.0. The highest BCUT2D eigenvalue weighted by Gasteiger charge is 2.47. The van der Waals surface area contributed by atoms with Crippen LogP contribution in [0.1, 0.15) is 194 Å². The normalized spacial score (nSPS) is 26.6. The summed E-state index contributed by atoms with van der Waals surface area (Å²) >= 11 is 0. The summed E-state index contributed by atoms with van der Waals surface area (Å²) in [6.07, 6.45) is 18.1. The number of aliphatic hydroxyl groups is 7. The van der Waals surface area contributed by atoms with E-state index in [0.29, 0.717) is 12.8 Å². The summed E-state index contributed by atoms with van der Waals surface area (Å²) in [5.41, 5.74) is 0. The zero-order valence-electron chi connectivity index (χ0n) is 39.5. The molecule has 0 radical (unpaired) electrons. The summed E-state index contributed by atoms with van der Waals surface area (Å²) in [7, 11) is 0. The summed E-state index contributed by atoms with van der Waals surface area (Å²) in [6, 6.07) is 0. The van der Waals surface area contributed by atoms with Crippen LogP contribution in [0.2, 0.25) is 0 Å². The number of carbonyl (C=O) groups excluding carboxylic acids is 2.